The van der Waals surface area contributed by atoms with Crippen LogP contribution in [0.1, 0.15) is 35.2 Å². The molecular weight excluding hydrogens is 296 g/mol. The Kier molecular flexibility index (Phi) is 5.51. The number of carbonyl (C=O) groups excluding carboxylic acids is 2. The van der Waals surface area contributed by atoms with Crippen molar-refractivity contribution in [2.24, 2.45) is 0 Å². The zero-order chi connectivity index (χ0) is 16.8. The monoisotopic (exact) mass is 316 g/mol. The molecule has 0 radical (unpaired) electrons. The summed E-state index contributed by atoms with van der Waals surface area (Å²) in [6.07, 6.45) is 5.16. The Bertz CT molecular complexity index is 622. The van der Waals surface area contributed by atoms with Gasteiger partial charge in [0.25, 0.3) is 5.91 Å². The van der Waals surface area contributed by atoms with Crippen LogP contribution in [0.3, 0.4) is 0 Å². The number of nitrogens with one attached hydrogen (secondary N) is 1. The summed E-state index contributed by atoms with van der Waals surface area (Å²) >= 11 is 0. The van der Waals surface area contributed by atoms with Crippen molar-refractivity contribution < 1.29 is 19.5 Å². The Hall–Kier alpha value is -2.63. The molecule has 6 heteroatoms. The van der Waals surface area contributed by atoms with Gasteiger partial charge in [0.05, 0.1) is 0 Å². The molecule has 1 aromatic rings. The van der Waals surface area contributed by atoms with Crippen LogP contribution in [0.4, 0.5) is 0 Å². The molecule has 2 rings (SSSR count). The Balaban J connectivity index is 2.05. The van der Waals surface area contributed by atoms with Gasteiger partial charge in [0.1, 0.15) is 6.04 Å². The van der Waals surface area contributed by atoms with Crippen LogP contribution in [0.5, 0.6) is 0 Å². The van der Waals surface area contributed by atoms with E-state index in [1.165, 1.54) is 11.0 Å². The second-order valence-corrected chi connectivity index (χ2v) is 5.42. The maximum atomic E-state index is 12.2. The Labute approximate surface area is 134 Å². The van der Waals surface area contributed by atoms with E-state index in [4.69, 9.17) is 0 Å². The molecule has 0 unspecified atom stereocenters. The van der Waals surface area contributed by atoms with E-state index < -0.39 is 12.0 Å². The Morgan fingerprint density at radius 1 is 1.22 bits per heavy atom. The van der Waals surface area contributed by atoms with Crippen molar-refractivity contribution in [2.45, 2.75) is 25.3 Å². The third-order valence-electron chi connectivity index (χ3n) is 3.89. The number of carboxylic acids is 1. The van der Waals surface area contributed by atoms with Crippen LogP contribution in [0.25, 0.3) is 6.08 Å². The van der Waals surface area contributed by atoms with E-state index in [2.05, 4.69) is 5.32 Å². The topological polar surface area (TPSA) is 86.7 Å². The standard InChI is InChI=1S/C17H20N2O4/c1-18-16(21)13-8-5-12(6-9-13)7-10-15(20)19-11-3-2-4-14(19)17(22)23/h5-10,14H,2-4,11H2,1H3,(H,18,21)(H,22,23)/t14-/m1/s1. The van der Waals surface area contributed by atoms with E-state index in [-0.39, 0.29) is 11.8 Å². The molecule has 122 valence electrons. The number of likely N-dealkylation sites (tertiary alicyclic amines) is 1. The van der Waals surface area contributed by atoms with Gasteiger partial charge in [-0.15, -0.1) is 0 Å². The van der Waals surface area contributed by atoms with Gasteiger partial charge in [0, 0.05) is 25.2 Å². The van der Waals surface area contributed by atoms with Gasteiger partial charge in [0.15, 0.2) is 0 Å². The van der Waals surface area contributed by atoms with E-state index in [1.807, 2.05) is 0 Å². The Morgan fingerprint density at radius 2 is 1.91 bits per heavy atom. The summed E-state index contributed by atoms with van der Waals surface area (Å²) in [5.74, 6) is -1.43. The van der Waals surface area contributed by atoms with Crippen LogP contribution < -0.4 is 5.32 Å². The summed E-state index contributed by atoms with van der Waals surface area (Å²) in [5.41, 5.74) is 1.31. The highest BCUT2D eigenvalue weighted by molar-refractivity contribution is 5.95. The highest BCUT2D eigenvalue weighted by Crippen LogP contribution is 2.18. The number of amides is 2. The lowest BCUT2D eigenvalue weighted by Crippen LogP contribution is -2.47. The lowest BCUT2D eigenvalue weighted by atomic mass is 10.0. The number of hydrogen-bond acceptors (Lipinski definition) is 3. The number of aliphatic carboxylic acids is 1. The van der Waals surface area contributed by atoms with Gasteiger partial charge in [-0.25, -0.2) is 4.79 Å². The van der Waals surface area contributed by atoms with Crippen LogP contribution in [-0.4, -0.2) is 47.4 Å². The molecule has 0 spiro atoms. The molecule has 1 fully saturated rings. The minimum atomic E-state index is -0.957. The van der Waals surface area contributed by atoms with Crippen LogP contribution in [-0.2, 0) is 9.59 Å². The van der Waals surface area contributed by atoms with Gasteiger partial charge in [-0.1, -0.05) is 12.1 Å². The van der Waals surface area contributed by atoms with Crippen LogP contribution in [0.2, 0.25) is 0 Å². The van der Waals surface area contributed by atoms with Gasteiger partial charge in [-0.3, -0.25) is 9.59 Å². The maximum absolute atomic E-state index is 12.2. The van der Waals surface area contributed by atoms with Crippen LogP contribution in [0, 0.1) is 0 Å². The van der Waals surface area contributed by atoms with E-state index in [9.17, 15) is 19.5 Å². The lowest BCUT2D eigenvalue weighted by molar-refractivity contribution is -0.150. The molecule has 2 N–H and O–H groups in total. The fraction of sp³-hybridized carbons (Fsp3) is 0.353. The first-order valence-corrected chi connectivity index (χ1v) is 7.56. The molecule has 0 aliphatic carbocycles. The van der Waals surface area contributed by atoms with Crippen molar-refractivity contribution in [3.63, 3.8) is 0 Å². The molecule has 1 aliphatic heterocycles. The summed E-state index contributed by atoms with van der Waals surface area (Å²) in [5, 5.41) is 11.7. The first-order chi connectivity index (χ1) is 11.0. The number of rotatable bonds is 4. The van der Waals surface area contributed by atoms with Gasteiger partial charge < -0.3 is 15.3 Å². The molecule has 1 aromatic carbocycles. The molecule has 1 aliphatic rings. The van der Waals surface area contributed by atoms with Crippen molar-refractivity contribution in [1.29, 1.82) is 0 Å². The summed E-state index contributed by atoms with van der Waals surface area (Å²) < 4.78 is 0. The summed E-state index contributed by atoms with van der Waals surface area (Å²) in [4.78, 5) is 36.3. The quantitative estimate of drug-likeness (QED) is 0.825. The number of piperidine rings is 1. The first kappa shape index (κ1) is 16.7. The second kappa shape index (κ2) is 7.58. The second-order valence-electron chi connectivity index (χ2n) is 5.42. The largest absolute Gasteiger partial charge is 0.480 e. The third-order valence-corrected chi connectivity index (χ3v) is 3.89. The van der Waals surface area contributed by atoms with Gasteiger partial charge in [-0.05, 0) is 43.0 Å². The molecule has 1 heterocycles. The molecule has 0 aromatic heterocycles. The average Bonchev–Trinajstić information content (AvgIpc) is 2.59. The summed E-state index contributed by atoms with van der Waals surface area (Å²) in [7, 11) is 1.56. The normalized spacial score (nSPS) is 18.0. The van der Waals surface area contributed by atoms with E-state index >= 15 is 0 Å². The highest BCUT2D eigenvalue weighted by atomic mass is 16.4. The van der Waals surface area contributed by atoms with Crippen molar-refractivity contribution in [2.75, 3.05) is 13.6 Å². The number of carboxylic acid groups (broad SMARTS) is 1. The van der Waals surface area contributed by atoms with Gasteiger partial charge in [-0.2, -0.15) is 0 Å². The van der Waals surface area contributed by atoms with Crippen molar-refractivity contribution >= 4 is 23.9 Å². The fourth-order valence-corrected chi connectivity index (χ4v) is 2.61. The summed E-state index contributed by atoms with van der Waals surface area (Å²) in [6, 6.07) is 6.07. The third kappa shape index (κ3) is 4.18. The molecule has 1 atom stereocenters. The maximum Gasteiger partial charge on any atom is 0.326 e. The molecule has 6 nitrogen and oxygen atoms in total. The van der Waals surface area contributed by atoms with Crippen LogP contribution in [0.15, 0.2) is 30.3 Å². The Morgan fingerprint density at radius 3 is 2.52 bits per heavy atom. The number of hydrogen-bond donors (Lipinski definition) is 2. The zero-order valence-corrected chi connectivity index (χ0v) is 13.0. The molecule has 0 saturated carbocycles. The average molecular weight is 316 g/mol. The molecule has 23 heavy (non-hydrogen) atoms. The number of carbonyl (C=O) groups is 3. The predicted octanol–water partition coefficient (Wildman–Crippen LogP) is 1.53. The number of benzene rings is 1. The minimum absolute atomic E-state index is 0.172. The zero-order valence-electron chi connectivity index (χ0n) is 13.0. The van der Waals surface area contributed by atoms with Crippen molar-refractivity contribution in [1.82, 2.24) is 10.2 Å². The SMILES string of the molecule is CNC(=O)c1ccc(C=CC(=O)N2CCCC[C@@H]2C(=O)O)cc1. The molecule has 1 saturated heterocycles. The first-order valence-electron chi connectivity index (χ1n) is 7.56. The lowest BCUT2D eigenvalue weighted by Gasteiger charge is -2.32. The van der Waals surface area contributed by atoms with Crippen molar-refractivity contribution in [3.8, 4) is 0 Å². The van der Waals surface area contributed by atoms with Gasteiger partial charge >= 0.3 is 5.97 Å². The van der Waals surface area contributed by atoms with Gasteiger partial charge in [0.2, 0.25) is 5.91 Å². The number of nitrogens with zero attached hydrogens (tertiary/aromatic N) is 1. The molecule has 2 amide bonds. The van der Waals surface area contributed by atoms with Crippen molar-refractivity contribution in [3.05, 3.63) is 41.5 Å². The predicted molar refractivity (Wildman–Crippen MR) is 85.9 cm³/mol. The highest BCUT2D eigenvalue weighted by Gasteiger charge is 2.30. The summed E-state index contributed by atoms with van der Waals surface area (Å²) in [6.45, 7) is 0.468. The van der Waals surface area contributed by atoms with E-state index in [0.29, 0.717) is 18.5 Å². The van der Waals surface area contributed by atoms with E-state index in [1.54, 1.807) is 37.4 Å². The minimum Gasteiger partial charge on any atom is -0.480 e. The molecular formula is C17H20N2O4. The smallest absolute Gasteiger partial charge is 0.326 e. The molecule has 0 bridgehead atoms. The van der Waals surface area contributed by atoms with E-state index in [0.717, 1.165) is 18.4 Å². The van der Waals surface area contributed by atoms with Crippen LogP contribution >= 0.6 is 0 Å². The fourth-order valence-electron chi connectivity index (χ4n) is 2.61.